The third-order valence-corrected chi connectivity index (χ3v) is 5.23. The van der Waals surface area contributed by atoms with Crippen molar-refractivity contribution >= 4 is 35.2 Å². The Bertz CT molecular complexity index is 1330. The second-order valence-electron chi connectivity index (χ2n) is 7.58. The van der Waals surface area contributed by atoms with Gasteiger partial charge in [0.2, 0.25) is 17.6 Å². The Morgan fingerprint density at radius 2 is 1.56 bits per heavy atom. The van der Waals surface area contributed by atoms with E-state index in [0.29, 0.717) is 5.01 Å². The molecule has 2 heterocycles. The highest BCUT2D eigenvalue weighted by atomic mass is 16.6. The minimum atomic E-state index is -0.856. The average Bonchev–Trinajstić information content (AvgIpc) is 3.53. The molecule has 0 aliphatic carbocycles. The molecule has 0 saturated carbocycles. The van der Waals surface area contributed by atoms with E-state index < -0.39 is 40.9 Å². The fraction of sp³-hybridized carbons (Fsp3) is 0.125. The molecule has 3 amide bonds. The van der Waals surface area contributed by atoms with Crippen molar-refractivity contribution in [2.24, 2.45) is 0 Å². The van der Waals surface area contributed by atoms with Crippen LogP contribution in [0.25, 0.3) is 0 Å². The first-order chi connectivity index (χ1) is 17.2. The van der Waals surface area contributed by atoms with E-state index in [1.807, 2.05) is 0 Å². The average molecular weight is 491 g/mol. The van der Waals surface area contributed by atoms with Gasteiger partial charge in [-0.15, -0.1) is 0 Å². The van der Waals surface area contributed by atoms with Gasteiger partial charge in [0.1, 0.15) is 12.3 Å². The van der Waals surface area contributed by atoms with Crippen molar-refractivity contribution < 1.29 is 38.1 Å². The lowest BCUT2D eigenvalue weighted by molar-refractivity contribution is -0.384. The van der Waals surface area contributed by atoms with E-state index in [4.69, 9.17) is 9.15 Å². The lowest BCUT2D eigenvalue weighted by atomic mass is 10.1. The Kier molecular flexibility index (Phi) is 6.68. The molecular weight excluding hydrogens is 474 g/mol. The Balaban J connectivity index is 1.53. The first-order valence-electron chi connectivity index (χ1n) is 10.6. The predicted octanol–water partition coefficient (Wildman–Crippen LogP) is 2.80. The van der Waals surface area contributed by atoms with Gasteiger partial charge in [-0.1, -0.05) is 0 Å². The molecule has 1 aromatic heterocycles. The Labute approximate surface area is 202 Å². The number of benzene rings is 2. The number of furan rings is 1. The third kappa shape index (κ3) is 5.01. The van der Waals surface area contributed by atoms with Gasteiger partial charge in [-0.05, 0) is 48.5 Å². The molecule has 36 heavy (non-hydrogen) atoms. The molecule has 0 spiro atoms. The van der Waals surface area contributed by atoms with Crippen LogP contribution in [0.2, 0.25) is 0 Å². The maximum absolute atomic E-state index is 13.2. The van der Waals surface area contributed by atoms with Crippen LogP contribution in [0.1, 0.15) is 44.1 Å². The molecule has 3 aromatic rings. The predicted molar refractivity (Wildman–Crippen MR) is 120 cm³/mol. The number of carbonyl (C=O) groups is 5. The zero-order valence-electron chi connectivity index (χ0n) is 18.5. The van der Waals surface area contributed by atoms with Gasteiger partial charge < -0.3 is 9.15 Å². The van der Waals surface area contributed by atoms with Gasteiger partial charge in [0.25, 0.3) is 11.6 Å². The van der Waals surface area contributed by atoms with Crippen LogP contribution in [0.3, 0.4) is 0 Å². The standard InChI is InChI=1S/C24H17N3O9/c28-19(15-5-9-18(10-6-15)36-24(32)20-2-1-13-35-20)14-25(26-21(29)11-12-22(26)30)23(31)16-3-7-17(8-4-16)27(33)34/h1-10,13H,11-12,14H2. The number of rotatable bonds is 8. The zero-order valence-corrected chi connectivity index (χ0v) is 18.5. The second kappa shape index (κ2) is 10.0. The lowest BCUT2D eigenvalue weighted by Gasteiger charge is -2.29. The first-order valence-corrected chi connectivity index (χ1v) is 10.6. The maximum Gasteiger partial charge on any atom is 0.379 e. The smallest absolute Gasteiger partial charge is 0.379 e. The second-order valence-corrected chi connectivity index (χ2v) is 7.58. The summed E-state index contributed by atoms with van der Waals surface area (Å²) in [7, 11) is 0. The van der Waals surface area contributed by atoms with E-state index in [0.717, 1.165) is 17.1 Å². The number of ether oxygens (including phenoxy) is 1. The van der Waals surface area contributed by atoms with Gasteiger partial charge in [-0.25, -0.2) is 9.80 Å². The number of nitro benzene ring substituents is 1. The molecule has 182 valence electrons. The molecule has 0 atom stereocenters. The van der Waals surface area contributed by atoms with Crippen LogP contribution in [-0.4, -0.2) is 51.0 Å². The number of imide groups is 1. The quantitative estimate of drug-likeness (QED) is 0.115. The molecule has 0 unspecified atom stereocenters. The first kappa shape index (κ1) is 24.0. The SMILES string of the molecule is O=C(CN(C(=O)c1ccc([N+](=O)[O-])cc1)N1C(=O)CCC1=O)c1ccc(OC(=O)c2ccco2)cc1. The third-order valence-electron chi connectivity index (χ3n) is 5.23. The van der Waals surface area contributed by atoms with Crippen molar-refractivity contribution in [3.8, 4) is 5.75 Å². The van der Waals surface area contributed by atoms with E-state index in [1.54, 1.807) is 0 Å². The molecule has 1 aliphatic heterocycles. The van der Waals surface area contributed by atoms with Crippen molar-refractivity contribution in [2.75, 3.05) is 6.54 Å². The minimum Gasteiger partial charge on any atom is -0.457 e. The number of hydrazine groups is 1. The number of hydrogen-bond acceptors (Lipinski definition) is 9. The summed E-state index contributed by atoms with van der Waals surface area (Å²) in [6, 6.07) is 12.9. The molecular formula is C24H17N3O9. The molecule has 12 nitrogen and oxygen atoms in total. The highest BCUT2D eigenvalue weighted by Gasteiger charge is 2.38. The zero-order chi connectivity index (χ0) is 25.8. The number of ketones is 1. The summed E-state index contributed by atoms with van der Waals surface area (Å²) in [6.45, 7) is -0.654. The van der Waals surface area contributed by atoms with Crippen molar-refractivity contribution in [1.82, 2.24) is 10.0 Å². The number of carbonyl (C=O) groups excluding carboxylic acids is 5. The van der Waals surface area contributed by atoms with Crippen LogP contribution in [0.4, 0.5) is 5.69 Å². The summed E-state index contributed by atoms with van der Waals surface area (Å²) >= 11 is 0. The van der Waals surface area contributed by atoms with Gasteiger partial charge in [-0.3, -0.25) is 29.3 Å². The van der Waals surface area contributed by atoms with Crippen molar-refractivity contribution in [3.63, 3.8) is 0 Å². The lowest BCUT2D eigenvalue weighted by Crippen LogP contribution is -2.51. The summed E-state index contributed by atoms with van der Waals surface area (Å²) in [5.74, 6) is -3.36. The Morgan fingerprint density at radius 3 is 2.11 bits per heavy atom. The summed E-state index contributed by atoms with van der Waals surface area (Å²) < 4.78 is 10.1. The number of nitrogens with zero attached hydrogens (tertiary/aromatic N) is 3. The van der Waals surface area contributed by atoms with Crippen LogP contribution in [0.15, 0.2) is 71.3 Å². The van der Waals surface area contributed by atoms with Crippen molar-refractivity contribution in [1.29, 1.82) is 0 Å². The van der Waals surface area contributed by atoms with Gasteiger partial charge in [0.15, 0.2) is 5.78 Å². The number of nitro groups is 1. The van der Waals surface area contributed by atoms with Gasteiger partial charge in [-0.2, -0.15) is 5.01 Å². The van der Waals surface area contributed by atoms with Crippen LogP contribution in [0.5, 0.6) is 5.75 Å². The molecule has 2 aromatic carbocycles. The Morgan fingerprint density at radius 1 is 0.944 bits per heavy atom. The molecule has 1 saturated heterocycles. The van der Waals surface area contributed by atoms with Crippen LogP contribution < -0.4 is 4.74 Å². The summed E-state index contributed by atoms with van der Waals surface area (Å²) in [6.07, 6.45) is 1.08. The highest BCUT2D eigenvalue weighted by Crippen LogP contribution is 2.21. The number of Topliss-reactive ketones (excluding diaryl/α,β-unsaturated/α-hetero) is 1. The van der Waals surface area contributed by atoms with Crippen LogP contribution in [-0.2, 0) is 9.59 Å². The van der Waals surface area contributed by atoms with E-state index >= 15 is 0 Å². The molecule has 1 aliphatic rings. The van der Waals surface area contributed by atoms with Crippen molar-refractivity contribution in [3.05, 3.63) is 93.9 Å². The molecule has 1 fully saturated rings. The van der Waals surface area contributed by atoms with Gasteiger partial charge in [0, 0.05) is 36.1 Å². The summed E-state index contributed by atoms with van der Waals surface area (Å²) in [5.41, 5.74) is -0.190. The van der Waals surface area contributed by atoms with Crippen LogP contribution in [0, 0.1) is 10.1 Å². The number of amides is 3. The maximum atomic E-state index is 13.2. The monoisotopic (exact) mass is 491 g/mol. The van der Waals surface area contributed by atoms with Crippen LogP contribution >= 0.6 is 0 Å². The van der Waals surface area contributed by atoms with E-state index in [9.17, 15) is 34.1 Å². The van der Waals surface area contributed by atoms with E-state index in [-0.39, 0.29) is 41.2 Å². The Hall–Kier alpha value is -5.13. The number of esters is 1. The fourth-order valence-corrected chi connectivity index (χ4v) is 3.43. The summed E-state index contributed by atoms with van der Waals surface area (Å²) in [4.78, 5) is 73.0. The minimum absolute atomic E-state index is 0.00417. The molecule has 12 heteroatoms. The molecule has 4 rings (SSSR count). The molecule has 0 radical (unpaired) electrons. The molecule has 0 N–H and O–H groups in total. The van der Waals surface area contributed by atoms with Crippen molar-refractivity contribution in [2.45, 2.75) is 12.8 Å². The van der Waals surface area contributed by atoms with Gasteiger partial charge in [0.05, 0.1) is 11.2 Å². The van der Waals surface area contributed by atoms with E-state index in [2.05, 4.69) is 0 Å². The topological polar surface area (TPSA) is 157 Å². The van der Waals surface area contributed by atoms with E-state index in [1.165, 1.54) is 54.8 Å². The normalized spacial score (nSPS) is 12.9. The number of non-ortho nitro benzene ring substituents is 1. The molecule has 0 bridgehead atoms. The fourth-order valence-electron chi connectivity index (χ4n) is 3.43. The summed E-state index contributed by atoms with van der Waals surface area (Å²) in [5, 5.41) is 12.2. The van der Waals surface area contributed by atoms with Gasteiger partial charge >= 0.3 is 5.97 Å². The largest absolute Gasteiger partial charge is 0.457 e. The number of hydrogen-bond donors (Lipinski definition) is 0. The highest BCUT2D eigenvalue weighted by molar-refractivity contribution is 6.08.